The van der Waals surface area contributed by atoms with E-state index in [1.807, 2.05) is 31.2 Å². The SMILES string of the molecule is Cc1ccccc1-c1noc(C2CC2)c1/C(Cl)=N/O. The zero-order valence-electron chi connectivity index (χ0n) is 10.4. The summed E-state index contributed by atoms with van der Waals surface area (Å²) in [6, 6.07) is 7.84. The van der Waals surface area contributed by atoms with Crippen molar-refractivity contribution in [2.45, 2.75) is 25.7 Å². The van der Waals surface area contributed by atoms with Gasteiger partial charge >= 0.3 is 0 Å². The molecule has 1 heterocycles. The highest BCUT2D eigenvalue weighted by atomic mass is 35.5. The van der Waals surface area contributed by atoms with Crippen LogP contribution in [0.2, 0.25) is 0 Å². The van der Waals surface area contributed by atoms with Crippen molar-refractivity contribution in [2.75, 3.05) is 0 Å². The molecule has 1 N–H and O–H groups in total. The summed E-state index contributed by atoms with van der Waals surface area (Å²) in [6.07, 6.45) is 2.12. The maximum Gasteiger partial charge on any atom is 0.181 e. The van der Waals surface area contributed by atoms with Gasteiger partial charge in [-0.25, -0.2) is 0 Å². The molecule has 1 fully saturated rings. The Labute approximate surface area is 115 Å². The van der Waals surface area contributed by atoms with Gasteiger partial charge in [0.05, 0.1) is 5.56 Å². The fourth-order valence-electron chi connectivity index (χ4n) is 2.20. The predicted octanol–water partition coefficient (Wildman–Crippen LogP) is 3.90. The average molecular weight is 277 g/mol. The molecule has 2 aromatic rings. The Morgan fingerprint density at radius 2 is 2.16 bits per heavy atom. The third-order valence-electron chi connectivity index (χ3n) is 3.36. The summed E-state index contributed by atoms with van der Waals surface area (Å²) in [5, 5.41) is 16.2. The number of benzene rings is 1. The third kappa shape index (κ3) is 2.12. The lowest BCUT2D eigenvalue weighted by molar-refractivity contribution is 0.320. The van der Waals surface area contributed by atoms with Crippen LogP contribution in [0, 0.1) is 6.92 Å². The number of aromatic nitrogens is 1. The first-order valence-corrected chi connectivity index (χ1v) is 6.53. The summed E-state index contributed by atoms with van der Waals surface area (Å²) < 4.78 is 5.43. The first-order valence-electron chi connectivity index (χ1n) is 6.16. The van der Waals surface area contributed by atoms with Gasteiger partial charge in [-0.3, -0.25) is 0 Å². The van der Waals surface area contributed by atoms with Crippen LogP contribution in [-0.4, -0.2) is 15.5 Å². The van der Waals surface area contributed by atoms with Crippen LogP contribution in [0.25, 0.3) is 11.3 Å². The standard InChI is InChI=1S/C14H13ClN2O2/c1-8-4-2-3-5-10(8)12-11(14(15)16-18)13(19-17-12)9-6-7-9/h2-5,9,18H,6-7H2,1H3/b16-14-. The maximum atomic E-state index is 8.96. The molecule has 0 unspecified atom stereocenters. The van der Waals surface area contributed by atoms with E-state index < -0.39 is 0 Å². The van der Waals surface area contributed by atoms with E-state index >= 15 is 0 Å². The summed E-state index contributed by atoms with van der Waals surface area (Å²) in [5.74, 6) is 1.07. The van der Waals surface area contributed by atoms with Gasteiger partial charge in [-0.15, -0.1) is 0 Å². The van der Waals surface area contributed by atoms with E-state index in [-0.39, 0.29) is 5.17 Å². The number of hydrogen-bond donors (Lipinski definition) is 1. The summed E-state index contributed by atoms with van der Waals surface area (Å²) in [5.41, 5.74) is 3.26. The summed E-state index contributed by atoms with van der Waals surface area (Å²) in [6.45, 7) is 1.99. The van der Waals surface area contributed by atoms with E-state index in [0.29, 0.717) is 17.2 Å². The summed E-state index contributed by atoms with van der Waals surface area (Å²) in [7, 11) is 0. The molecule has 0 aliphatic heterocycles. The minimum absolute atomic E-state index is 0.0291. The number of halogens is 1. The van der Waals surface area contributed by atoms with Crippen molar-refractivity contribution in [1.82, 2.24) is 5.16 Å². The van der Waals surface area contributed by atoms with Gasteiger partial charge in [0.25, 0.3) is 0 Å². The zero-order valence-corrected chi connectivity index (χ0v) is 11.2. The van der Waals surface area contributed by atoms with Crippen LogP contribution in [0.3, 0.4) is 0 Å². The van der Waals surface area contributed by atoms with E-state index in [9.17, 15) is 0 Å². The second-order valence-corrected chi connectivity index (χ2v) is 5.11. The van der Waals surface area contributed by atoms with Crippen molar-refractivity contribution in [1.29, 1.82) is 0 Å². The van der Waals surface area contributed by atoms with Crippen molar-refractivity contribution in [3.05, 3.63) is 41.2 Å². The fourth-order valence-corrected chi connectivity index (χ4v) is 2.38. The van der Waals surface area contributed by atoms with E-state index in [2.05, 4.69) is 10.3 Å². The highest BCUT2D eigenvalue weighted by Gasteiger charge is 2.34. The van der Waals surface area contributed by atoms with E-state index in [1.54, 1.807) is 0 Å². The van der Waals surface area contributed by atoms with Crippen LogP contribution < -0.4 is 0 Å². The second-order valence-electron chi connectivity index (χ2n) is 4.75. The Balaban J connectivity index is 2.19. The Morgan fingerprint density at radius 1 is 1.42 bits per heavy atom. The van der Waals surface area contributed by atoms with Gasteiger partial charge in [-0.2, -0.15) is 0 Å². The molecule has 0 atom stereocenters. The van der Waals surface area contributed by atoms with E-state index in [0.717, 1.165) is 29.7 Å². The summed E-state index contributed by atoms with van der Waals surface area (Å²) in [4.78, 5) is 0. The second kappa shape index (κ2) is 4.70. The van der Waals surface area contributed by atoms with Crippen molar-refractivity contribution >= 4 is 16.8 Å². The first-order chi connectivity index (χ1) is 9.22. The molecule has 0 amide bonds. The molecule has 4 nitrogen and oxygen atoms in total. The molecule has 0 bridgehead atoms. The number of oxime groups is 1. The van der Waals surface area contributed by atoms with Crippen molar-refractivity contribution in [3.8, 4) is 11.3 Å². The molecule has 5 heteroatoms. The van der Waals surface area contributed by atoms with Crippen molar-refractivity contribution in [3.63, 3.8) is 0 Å². The molecule has 1 saturated carbocycles. The molecule has 0 saturated heterocycles. The third-order valence-corrected chi connectivity index (χ3v) is 3.63. The average Bonchev–Trinajstić information content (AvgIpc) is 3.18. The van der Waals surface area contributed by atoms with Crippen LogP contribution in [0.4, 0.5) is 0 Å². The van der Waals surface area contributed by atoms with E-state index in [4.69, 9.17) is 21.3 Å². The fraction of sp³-hybridized carbons (Fsp3) is 0.286. The van der Waals surface area contributed by atoms with Crippen LogP contribution in [-0.2, 0) is 0 Å². The molecule has 0 spiro atoms. The summed E-state index contributed by atoms with van der Waals surface area (Å²) >= 11 is 6.02. The quantitative estimate of drug-likeness (QED) is 0.525. The Morgan fingerprint density at radius 3 is 2.79 bits per heavy atom. The zero-order chi connectivity index (χ0) is 13.4. The molecule has 1 aliphatic rings. The minimum atomic E-state index is 0.0291. The monoisotopic (exact) mass is 276 g/mol. The van der Waals surface area contributed by atoms with Gasteiger partial charge in [-0.1, -0.05) is 46.2 Å². The van der Waals surface area contributed by atoms with Crippen LogP contribution in [0.15, 0.2) is 33.9 Å². The van der Waals surface area contributed by atoms with Gasteiger partial charge < -0.3 is 9.73 Å². The predicted molar refractivity (Wildman–Crippen MR) is 72.8 cm³/mol. The molecule has 1 aromatic carbocycles. The van der Waals surface area contributed by atoms with Gasteiger partial charge in [0.15, 0.2) is 10.9 Å². The van der Waals surface area contributed by atoms with Gasteiger partial charge in [-0.05, 0) is 25.3 Å². The number of nitrogens with zero attached hydrogens (tertiary/aromatic N) is 2. The van der Waals surface area contributed by atoms with Gasteiger partial charge in [0.2, 0.25) is 0 Å². The van der Waals surface area contributed by atoms with Crippen LogP contribution in [0.1, 0.15) is 35.6 Å². The molecule has 1 aromatic heterocycles. The topological polar surface area (TPSA) is 58.6 Å². The Hall–Kier alpha value is -1.81. The normalized spacial score (nSPS) is 15.8. The molecule has 19 heavy (non-hydrogen) atoms. The smallest absolute Gasteiger partial charge is 0.181 e. The first kappa shape index (κ1) is 12.2. The highest BCUT2D eigenvalue weighted by Crippen LogP contribution is 2.44. The Bertz CT molecular complexity index is 645. The lowest BCUT2D eigenvalue weighted by atomic mass is 10.0. The molecular weight excluding hydrogens is 264 g/mol. The highest BCUT2D eigenvalue weighted by molar-refractivity contribution is 6.70. The maximum absolute atomic E-state index is 8.96. The molecule has 3 rings (SSSR count). The molecular formula is C14H13ClN2O2. The number of aryl methyl sites for hydroxylation is 1. The molecule has 1 aliphatic carbocycles. The number of hydrogen-bond acceptors (Lipinski definition) is 4. The Kier molecular flexibility index (Phi) is 3.03. The van der Waals surface area contributed by atoms with Gasteiger partial charge in [0, 0.05) is 11.5 Å². The number of rotatable bonds is 3. The van der Waals surface area contributed by atoms with Crippen LogP contribution in [0.5, 0.6) is 0 Å². The largest absolute Gasteiger partial charge is 0.410 e. The lowest BCUT2D eigenvalue weighted by Crippen LogP contribution is -1.97. The lowest BCUT2D eigenvalue weighted by Gasteiger charge is -2.03. The molecule has 0 radical (unpaired) electrons. The van der Waals surface area contributed by atoms with E-state index in [1.165, 1.54) is 0 Å². The van der Waals surface area contributed by atoms with Gasteiger partial charge in [0.1, 0.15) is 5.69 Å². The van der Waals surface area contributed by atoms with Crippen molar-refractivity contribution in [2.24, 2.45) is 5.16 Å². The van der Waals surface area contributed by atoms with Crippen LogP contribution >= 0.6 is 11.6 Å². The minimum Gasteiger partial charge on any atom is -0.410 e. The molecule has 98 valence electrons. The van der Waals surface area contributed by atoms with Crippen molar-refractivity contribution < 1.29 is 9.73 Å².